The van der Waals surface area contributed by atoms with Gasteiger partial charge in [0.2, 0.25) is 0 Å². The van der Waals surface area contributed by atoms with Crippen LogP contribution in [0.4, 0.5) is 0 Å². The van der Waals surface area contributed by atoms with Crippen LogP contribution < -0.4 is 10.6 Å². The second kappa shape index (κ2) is 6.05. The van der Waals surface area contributed by atoms with E-state index >= 15 is 0 Å². The van der Waals surface area contributed by atoms with Crippen LogP contribution in [0.25, 0.3) is 0 Å². The maximum atomic E-state index is 3.27. The molecule has 1 aliphatic heterocycles. The van der Waals surface area contributed by atoms with E-state index in [-0.39, 0.29) is 0 Å². The van der Waals surface area contributed by atoms with Crippen molar-refractivity contribution < 1.29 is 0 Å². The van der Waals surface area contributed by atoms with Crippen LogP contribution in [0, 0.1) is 5.92 Å². The molecule has 1 rings (SSSR count). The zero-order valence-corrected chi connectivity index (χ0v) is 6.70. The summed E-state index contributed by atoms with van der Waals surface area (Å²) in [5.41, 5.74) is 0. The standard InChI is InChI=1S/C5H11N.C2H7N/c1-5-2-3-6-4-5;1-3-2/h5-6H,2-4H2,1H3;3H,1-2H3. The summed E-state index contributed by atoms with van der Waals surface area (Å²) in [5.74, 6) is 0.935. The van der Waals surface area contributed by atoms with Crippen LogP contribution in [-0.2, 0) is 0 Å². The van der Waals surface area contributed by atoms with Gasteiger partial charge in [-0.25, -0.2) is 0 Å². The summed E-state index contributed by atoms with van der Waals surface area (Å²) >= 11 is 0. The summed E-state index contributed by atoms with van der Waals surface area (Å²) in [6.07, 6.45) is 1.38. The van der Waals surface area contributed by atoms with E-state index in [2.05, 4.69) is 17.6 Å². The minimum absolute atomic E-state index is 0.935. The smallest absolute Gasteiger partial charge is 0.00227 e. The summed E-state index contributed by atoms with van der Waals surface area (Å²) in [4.78, 5) is 0. The van der Waals surface area contributed by atoms with Gasteiger partial charge in [-0.2, -0.15) is 0 Å². The Labute approximate surface area is 58.0 Å². The minimum Gasteiger partial charge on any atom is -0.323 e. The molecular formula is C7H18N2. The Kier molecular flexibility index (Phi) is 5.99. The van der Waals surface area contributed by atoms with Gasteiger partial charge < -0.3 is 10.6 Å². The molecular weight excluding hydrogens is 112 g/mol. The zero-order chi connectivity index (χ0) is 7.11. The molecule has 2 heteroatoms. The van der Waals surface area contributed by atoms with Gasteiger partial charge in [-0.1, -0.05) is 6.92 Å². The van der Waals surface area contributed by atoms with E-state index < -0.39 is 0 Å². The number of nitrogens with one attached hydrogen (secondary N) is 2. The van der Waals surface area contributed by atoms with Gasteiger partial charge in [0.1, 0.15) is 0 Å². The molecule has 1 atom stereocenters. The topological polar surface area (TPSA) is 24.1 Å². The molecule has 0 bridgehead atoms. The van der Waals surface area contributed by atoms with Crippen molar-refractivity contribution in [2.45, 2.75) is 13.3 Å². The number of hydrogen-bond acceptors (Lipinski definition) is 2. The predicted octanol–water partition coefficient (Wildman–Crippen LogP) is 0.451. The Morgan fingerprint density at radius 1 is 1.44 bits per heavy atom. The Morgan fingerprint density at radius 2 is 2.00 bits per heavy atom. The van der Waals surface area contributed by atoms with Gasteiger partial charge in [0.05, 0.1) is 0 Å². The zero-order valence-electron chi connectivity index (χ0n) is 6.70. The molecule has 56 valence electrons. The van der Waals surface area contributed by atoms with E-state index in [1.807, 2.05) is 14.1 Å². The highest BCUT2D eigenvalue weighted by atomic mass is 14.9. The molecule has 1 aliphatic rings. The SMILES string of the molecule is CC1CCNC1.CNC. The van der Waals surface area contributed by atoms with Gasteiger partial charge in [-0.15, -0.1) is 0 Å². The van der Waals surface area contributed by atoms with Crippen LogP contribution in [0.15, 0.2) is 0 Å². The fourth-order valence-electron chi connectivity index (χ4n) is 0.799. The minimum atomic E-state index is 0.935. The van der Waals surface area contributed by atoms with E-state index in [1.54, 1.807) is 0 Å². The average molecular weight is 130 g/mol. The van der Waals surface area contributed by atoms with Crippen molar-refractivity contribution in [1.82, 2.24) is 10.6 Å². The average Bonchev–Trinajstić information content (AvgIpc) is 2.20. The van der Waals surface area contributed by atoms with Gasteiger partial charge in [-0.05, 0) is 39.5 Å². The summed E-state index contributed by atoms with van der Waals surface area (Å²) in [6.45, 7) is 4.75. The molecule has 9 heavy (non-hydrogen) atoms. The van der Waals surface area contributed by atoms with E-state index in [0.29, 0.717) is 0 Å². The van der Waals surface area contributed by atoms with E-state index in [9.17, 15) is 0 Å². The van der Waals surface area contributed by atoms with Crippen LogP contribution in [0.2, 0.25) is 0 Å². The molecule has 2 nitrogen and oxygen atoms in total. The van der Waals surface area contributed by atoms with E-state index in [4.69, 9.17) is 0 Å². The molecule has 0 aliphatic carbocycles. The van der Waals surface area contributed by atoms with E-state index in [0.717, 1.165) is 5.92 Å². The van der Waals surface area contributed by atoms with Gasteiger partial charge in [-0.3, -0.25) is 0 Å². The molecule has 0 spiro atoms. The van der Waals surface area contributed by atoms with Crippen molar-refractivity contribution in [3.63, 3.8) is 0 Å². The second-order valence-electron chi connectivity index (χ2n) is 2.60. The van der Waals surface area contributed by atoms with Crippen LogP contribution in [-0.4, -0.2) is 27.2 Å². The summed E-state index contributed by atoms with van der Waals surface area (Å²) in [5, 5.41) is 6.02. The molecule has 1 heterocycles. The lowest BCUT2D eigenvalue weighted by Crippen LogP contribution is -2.06. The largest absolute Gasteiger partial charge is 0.323 e. The third-order valence-electron chi connectivity index (χ3n) is 1.31. The quantitative estimate of drug-likeness (QED) is 0.497. The first-order valence-corrected chi connectivity index (χ1v) is 3.60. The molecule has 2 N–H and O–H groups in total. The molecule has 0 radical (unpaired) electrons. The van der Waals surface area contributed by atoms with Gasteiger partial charge in [0.25, 0.3) is 0 Å². The third-order valence-corrected chi connectivity index (χ3v) is 1.31. The second-order valence-corrected chi connectivity index (χ2v) is 2.60. The Balaban J connectivity index is 0.000000187. The highest BCUT2D eigenvalue weighted by Gasteiger charge is 2.06. The van der Waals surface area contributed by atoms with Gasteiger partial charge in [0, 0.05) is 0 Å². The molecule has 1 saturated heterocycles. The van der Waals surface area contributed by atoms with Crippen molar-refractivity contribution in [3.8, 4) is 0 Å². The van der Waals surface area contributed by atoms with Crippen LogP contribution >= 0.6 is 0 Å². The van der Waals surface area contributed by atoms with Crippen LogP contribution in [0.5, 0.6) is 0 Å². The monoisotopic (exact) mass is 130 g/mol. The van der Waals surface area contributed by atoms with Crippen molar-refractivity contribution in [2.24, 2.45) is 5.92 Å². The van der Waals surface area contributed by atoms with E-state index in [1.165, 1.54) is 19.5 Å². The van der Waals surface area contributed by atoms with Gasteiger partial charge in [0.15, 0.2) is 0 Å². The maximum Gasteiger partial charge on any atom is -0.00227 e. The summed E-state index contributed by atoms with van der Waals surface area (Å²) in [7, 11) is 3.75. The molecule has 1 unspecified atom stereocenters. The first kappa shape index (κ1) is 8.92. The molecule has 1 fully saturated rings. The van der Waals surface area contributed by atoms with Crippen molar-refractivity contribution in [1.29, 1.82) is 0 Å². The van der Waals surface area contributed by atoms with Crippen molar-refractivity contribution in [3.05, 3.63) is 0 Å². The van der Waals surface area contributed by atoms with Crippen LogP contribution in [0.1, 0.15) is 13.3 Å². The number of rotatable bonds is 0. The molecule has 0 aromatic heterocycles. The fraction of sp³-hybridized carbons (Fsp3) is 1.00. The normalized spacial score (nSPS) is 25.0. The lowest BCUT2D eigenvalue weighted by atomic mass is 10.2. The fourth-order valence-corrected chi connectivity index (χ4v) is 0.799. The molecule has 0 aromatic carbocycles. The van der Waals surface area contributed by atoms with Gasteiger partial charge >= 0.3 is 0 Å². The predicted molar refractivity (Wildman–Crippen MR) is 41.6 cm³/mol. The van der Waals surface area contributed by atoms with Crippen molar-refractivity contribution in [2.75, 3.05) is 27.2 Å². The first-order valence-electron chi connectivity index (χ1n) is 3.60. The Bertz CT molecular complexity index is 48.9. The number of hydrogen-bond donors (Lipinski definition) is 2. The first-order chi connectivity index (χ1) is 4.31. The lowest BCUT2D eigenvalue weighted by Gasteiger charge is -1.90. The summed E-state index contributed by atoms with van der Waals surface area (Å²) < 4.78 is 0. The highest BCUT2D eigenvalue weighted by Crippen LogP contribution is 2.03. The third kappa shape index (κ3) is 5.80. The van der Waals surface area contributed by atoms with Crippen LogP contribution in [0.3, 0.4) is 0 Å². The molecule has 0 amide bonds. The maximum absolute atomic E-state index is 3.27. The molecule has 0 saturated carbocycles. The highest BCUT2D eigenvalue weighted by molar-refractivity contribution is 4.65. The summed E-state index contributed by atoms with van der Waals surface area (Å²) in [6, 6.07) is 0. The van der Waals surface area contributed by atoms with Crippen molar-refractivity contribution >= 4 is 0 Å². The lowest BCUT2D eigenvalue weighted by molar-refractivity contribution is 0.651. The molecule has 0 aromatic rings. The Morgan fingerprint density at radius 3 is 2.11 bits per heavy atom. The Hall–Kier alpha value is -0.0800.